The Morgan fingerprint density at radius 3 is 1.72 bits per heavy atom. The number of hydrogen-bond acceptors (Lipinski definition) is 11. The van der Waals surface area contributed by atoms with Crippen molar-refractivity contribution in [2.45, 2.75) is 65.1 Å². The van der Waals surface area contributed by atoms with E-state index in [9.17, 15) is 29.4 Å². The van der Waals surface area contributed by atoms with Crippen molar-refractivity contribution in [1.82, 2.24) is 29.7 Å². The van der Waals surface area contributed by atoms with Gasteiger partial charge >= 0.3 is 0 Å². The summed E-state index contributed by atoms with van der Waals surface area (Å²) in [7, 11) is 1.54. The monoisotopic (exact) mass is 688 g/mol. The van der Waals surface area contributed by atoms with Crippen LogP contribution in [0.15, 0.2) is 64.2 Å². The fourth-order valence-corrected chi connectivity index (χ4v) is 5.62. The molecule has 6 rings (SSSR count). The number of methoxy groups -OCH3 is 1. The molecule has 4 aromatic rings. The molecule has 4 N–H and O–H groups in total. The van der Waals surface area contributed by atoms with E-state index in [1.165, 1.54) is 9.13 Å². The Labute approximate surface area is 287 Å². The number of carbonyl (C=O) groups excluding carboxylic acids is 2. The second-order valence-electron chi connectivity index (χ2n) is 12.6. The highest BCUT2D eigenvalue weighted by Crippen LogP contribution is 2.28. The van der Waals surface area contributed by atoms with Gasteiger partial charge < -0.3 is 35.1 Å². The molecule has 0 atom stereocenters. The average Bonchev–Trinajstić information content (AvgIpc) is 3.10. The Bertz CT molecular complexity index is 2020. The lowest BCUT2D eigenvalue weighted by Gasteiger charge is -2.32. The molecule has 0 saturated carbocycles. The first-order valence-corrected chi connectivity index (χ1v) is 15.9. The number of nitrogens with one attached hydrogen (secondary N) is 2. The number of aromatic nitrogens is 4. The molecule has 0 radical (unpaired) electrons. The van der Waals surface area contributed by atoms with Crippen LogP contribution in [-0.2, 0) is 46.9 Å². The molecule has 0 unspecified atom stereocenters. The first kappa shape index (κ1) is 35.8. The lowest BCUT2D eigenvalue weighted by atomic mass is 10.1. The zero-order valence-electron chi connectivity index (χ0n) is 28.5. The number of rotatable bonds is 7. The molecule has 0 bridgehead atoms. The smallest absolute Gasteiger partial charge is 0.296 e. The molecular formula is C35H40N6O9. The topological polar surface area (TPSA) is 196 Å². The second kappa shape index (κ2) is 14.5. The molecule has 2 aliphatic heterocycles. The van der Waals surface area contributed by atoms with Crippen molar-refractivity contribution >= 4 is 11.8 Å². The molecule has 50 heavy (non-hydrogen) atoms. The van der Waals surface area contributed by atoms with Crippen LogP contribution in [0.4, 0.5) is 0 Å². The molecule has 0 saturated heterocycles. The highest BCUT2D eigenvalue weighted by atomic mass is 16.5. The van der Waals surface area contributed by atoms with Gasteiger partial charge in [0.2, 0.25) is 11.5 Å². The summed E-state index contributed by atoms with van der Waals surface area (Å²) in [4.78, 5) is 58.1. The third kappa shape index (κ3) is 7.38. The van der Waals surface area contributed by atoms with Gasteiger partial charge in [0.1, 0.15) is 28.6 Å². The predicted molar refractivity (Wildman–Crippen MR) is 180 cm³/mol. The van der Waals surface area contributed by atoms with Gasteiger partial charge in [-0.05, 0) is 39.3 Å². The highest BCUT2D eigenvalue weighted by molar-refractivity contribution is 5.95. The molecule has 2 amide bonds. The van der Waals surface area contributed by atoms with Gasteiger partial charge in [0.05, 0.1) is 33.4 Å². The van der Waals surface area contributed by atoms with Crippen LogP contribution in [-0.4, -0.2) is 61.5 Å². The molecule has 15 nitrogen and oxygen atoms in total. The maximum Gasteiger partial charge on any atom is 0.296 e. The van der Waals surface area contributed by atoms with Gasteiger partial charge in [0.15, 0.2) is 11.4 Å². The zero-order valence-corrected chi connectivity index (χ0v) is 28.5. The fourth-order valence-electron chi connectivity index (χ4n) is 5.62. The van der Waals surface area contributed by atoms with Crippen LogP contribution < -0.4 is 26.5 Å². The lowest BCUT2D eigenvalue weighted by molar-refractivity contribution is -0.0569. The normalized spacial score (nSPS) is 15.4. The number of ether oxygens (including phenoxy) is 3. The van der Waals surface area contributed by atoms with Crippen molar-refractivity contribution < 1.29 is 34.0 Å². The van der Waals surface area contributed by atoms with Gasteiger partial charge in [-0.1, -0.05) is 48.5 Å². The van der Waals surface area contributed by atoms with E-state index in [2.05, 4.69) is 20.6 Å². The number of fused-ring (bicyclic) bond motifs is 2. The molecule has 264 valence electrons. The minimum absolute atomic E-state index is 0.169. The number of benzene rings is 2. The van der Waals surface area contributed by atoms with Crippen molar-refractivity contribution in [2.24, 2.45) is 0 Å². The molecule has 2 aliphatic rings. The van der Waals surface area contributed by atoms with Crippen molar-refractivity contribution in [2.75, 3.05) is 20.3 Å². The second-order valence-corrected chi connectivity index (χ2v) is 12.6. The minimum atomic E-state index is -0.831. The van der Waals surface area contributed by atoms with Crippen molar-refractivity contribution in [3.05, 3.63) is 109 Å². The van der Waals surface area contributed by atoms with Gasteiger partial charge in [0.25, 0.3) is 22.9 Å². The molecule has 2 aromatic heterocycles. The van der Waals surface area contributed by atoms with Crippen LogP contribution in [0, 0.1) is 0 Å². The van der Waals surface area contributed by atoms with E-state index in [1.807, 2.05) is 48.5 Å². The van der Waals surface area contributed by atoms with Gasteiger partial charge in [-0.3, -0.25) is 28.3 Å². The molecule has 0 fully saturated rings. The largest absolute Gasteiger partial charge is 0.501 e. The molecular weight excluding hydrogens is 648 g/mol. The van der Waals surface area contributed by atoms with Gasteiger partial charge in [0, 0.05) is 18.7 Å². The zero-order chi connectivity index (χ0) is 36.2. The Kier molecular flexibility index (Phi) is 10.4. The minimum Gasteiger partial charge on any atom is -0.501 e. The molecule has 0 spiro atoms. The van der Waals surface area contributed by atoms with E-state index in [4.69, 9.17) is 14.2 Å². The van der Waals surface area contributed by atoms with Crippen LogP contribution in [0.25, 0.3) is 0 Å². The predicted octanol–water partition coefficient (Wildman–Crippen LogP) is 2.30. The third-order valence-corrected chi connectivity index (χ3v) is 8.28. The number of carbonyl (C=O) groups is 2. The maximum absolute atomic E-state index is 12.5. The summed E-state index contributed by atoms with van der Waals surface area (Å²) >= 11 is 0. The van der Waals surface area contributed by atoms with Crippen molar-refractivity contribution in [3.8, 4) is 17.2 Å². The average molecular weight is 689 g/mol. The maximum atomic E-state index is 12.5. The van der Waals surface area contributed by atoms with Crippen LogP contribution in [0.5, 0.6) is 17.2 Å². The Morgan fingerprint density at radius 1 is 0.760 bits per heavy atom. The van der Waals surface area contributed by atoms with Crippen LogP contribution in [0.3, 0.4) is 0 Å². The van der Waals surface area contributed by atoms with E-state index < -0.39 is 45.6 Å². The summed E-state index contributed by atoms with van der Waals surface area (Å²) in [6.45, 7) is 8.77. The van der Waals surface area contributed by atoms with Crippen molar-refractivity contribution in [1.29, 1.82) is 0 Å². The summed E-state index contributed by atoms with van der Waals surface area (Å²) < 4.78 is 19.2. The highest BCUT2D eigenvalue weighted by Gasteiger charge is 2.35. The number of amides is 2. The molecule has 15 heteroatoms. The summed E-state index contributed by atoms with van der Waals surface area (Å²) in [6.07, 6.45) is 0. The van der Waals surface area contributed by atoms with E-state index in [1.54, 1.807) is 40.9 Å². The standard InChI is InChI=1S/C18H21N3O5.C17H19N3O4/c1-18(2)17-20-13(14(22)16(24)21(17)8-9-26-18)15(23)19-10-11-6-4-5-7-12(11)25-3;1-17(2)16-19-12(13(21)15(23)20(16)8-9-24-17)14(22)18-10-11-6-4-3-5-7-11/h4-7,22H,8-10H2,1-3H3,(H,19,23);3-7,21H,8-10H2,1-2H3,(H,18,22). The number of hydrogen-bond donors (Lipinski definition) is 4. The Morgan fingerprint density at radius 2 is 1.22 bits per heavy atom. The van der Waals surface area contributed by atoms with E-state index in [0.717, 1.165) is 11.1 Å². The van der Waals surface area contributed by atoms with Gasteiger partial charge in [-0.25, -0.2) is 9.97 Å². The van der Waals surface area contributed by atoms with Gasteiger partial charge in [-0.15, -0.1) is 0 Å². The quantitative estimate of drug-likeness (QED) is 0.222. The first-order chi connectivity index (χ1) is 23.7. The van der Waals surface area contributed by atoms with Crippen LogP contribution in [0.1, 0.15) is 71.4 Å². The number of para-hydroxylation sites is 1. The first-order valence-electron chi connectivity index (χ1n) is 15.9. The lowest BCUT2D eigenvalue weighted by Crippen LogP contribution is -2.42. The van der Waals surface area contributed by atoms with Crippen LogP contribution in [0.2, 0.25) is 0 Å². The molecule has 4 heterocycles. The fraction of sp³-hybridized carbons (Fsp3) is 0.371. The summed E-state index contributed by atoms with van der Waals surface area (Å²) in [5, 5.41) is 25.6. The third-order valence-electron chi connectivity index (χ3n) is 8.28. The molecule has 0 aliphatic carbocycles. The van der Waals surface area contributed by atoms with Gasteiger partial charge in [-0.2, -0.15) is 0 Å². The number of aromatic hydroxyl groups is 2. The van der Waals surface area contributed by atoms with E-state index in [0.29, 0.717) is 37.2 Å². The molecule has 2 aromatic carbocycles. The van der Waals surface area contributed by atoms with E-state index >= 15 is 0 Å². The SMILES string of the molecule is CC1(C)OCCn2c1nc(C(=O)NCc1ccccc1)c(O)c2=O.COc1ccccc1CNC(=O)c1nc2n(c(=O)c1O)CCOC2(C)C. The summed E-state index contributed by atoms with van der Waals surface area (Å²) in [5.74, 6) is -1.26. The summed E-state index contributed by atoms with van der Waals surface area (Å²) in [5.41, 5.74) is -1.82. The van der Waals surface area contributed by atoms with Crippen LogP contribution >= 0.6 is 0 Å². The van der Waals surface area contributed by atoms with Crippen molar-refractivity contribution in [3.63, 3.8) is 0 Å². The Hall–Kier alpha value is -5.54. The summed E-state index contributed by atoms with van der Waals surface area (Å²) in [6, 6.07) is 16.6. The Balaban J connectivity index is 0.000000195. The van der Waals surface area contributed by atoms with E-state index in [-0.39, 0.29) is 31.0 Å². The number of nitrogens with zero attached hydrogens (tertiary/aromatic N) is 4.